The highest BCUT2D eigenvalue weighted by Crippen LogP contribution is 2.72. The van der Waals surface area contributed by atoms with Crippen LogP contribution in [0.1, 0.15) is 59.4 Å². The Balaban J connectivity index is 1.55. The number of esters is 1. The van der Waals surface area contributed by atoms with E-state index in [1.165, 1.54) is 6.08 Å². The summed E-state index contributed by atoms with van der Waals surface area (Å²) in [5.74, 6) is -0.274. The fraction of sp³-hybridized carbons (Fsp3) is 0.586. The molecule has 0 saturated heterocycles. The SMILES string of the molecule is C[C@@H]1CC2=C([C@H]1O)[C@H](O)[C@@]1(C)CC[C@@H]3[C@H]([C@H](OC(=O)C=Cc4ccccc4)[C@@]1(C)C2=O)C3(C)C. The zero-order valence-corrected chi connectivity index (χ0v) is 20.7. The van der Waals surface area contributed by atoms with Crippen LogP contribution in [0.15, 0.2) is 47.6 Å². The predicted octanol–water partition coefficient (Wildman–Crippen LogP) is 4.33. The Labute approximate surface area is 201 Å². The molecular formula is C29H36O5. The molecule has 4 aliphatic carbocycles. The molecule has 2 N–H and O–H groups in total. The third-order valence-corrected chi connectivity index (χ3v) is 10.0. The highest BCUT2D eigenvalue weighted by atomic mass is 16.5. The second kappa shape index (κ2) is 7.63. The molecule has 0 amide bonds. The molecule has 0 radical (unpaired) electrons. The lowest BCUT2D eigenvalue weighted by molar-refractivity contribution is -0.177. The molecule has 2 saturated carbocycles. The van der Waals surface area contributed by atoms with Gasteiger partial charge in [0, 0.05) is 23.0 Å². The van der Waals surface area contributed by atoms with E-state index in [0.717, 1.165) is 12.0 Å². The molecular weight excluding hydrogens is 428 g/mol. The molecule has 0 spiro atoms. The highest BCUT2D eigenvalue weighted by Gasteiger charge is 2.75. The van der Waals surface area contributed by atoms with Crippen LogP contribution >= 0.6 is 0 Å². The first kappa shape index (κ1) is 23.5. The lowest BCUT2D eigenvalue weighted by atomic mass is 9.50. The van der Waals surface area contributed by atoms with Crippen LogP contribution in [0.25, 0.3) is 6.08 Å². The molecule has 182 valence electrons. The van der Waals surface area contributed by atoms with Crippen molar-refractivity contribution in [3.05, 3.63) is 53.1 Å². The molecule has 5 nitrogen and oxygen atoms in total. The van der Waals surface area contributed by atoms with Gasteiger partial charge in [0.1, 0.15) is 6.10 Å². The van der Waals surface area contributed by atoms with E-state index in [0.29, 0.717) is 29.9 Å². The first-order chi connectivity index (χ1) is 15.9. The molecule has 0 heterocycles. The minimum Gasteiger partial charge on any atom is -0.458 e. The highest BCUT2D eigenvalue weighted by molar-refractivity contribution is 6.04. The van der Waals surface area contributed by atoms with E-state index in [9.17, 15) is 19.8 Å². The van der Waals surface area contributed by atoms with Gasteiger partial charge in [0.15, 0.2) is 5.78 Å². The van der Waals surface area contributed by atoms with E-state index in [2.05, 4.69) is 13.8 Å². The Kier molecular flexibility index (Phi) is 5.27. The summed E-state index contributed by atoms with van der Waals surface area (Å²) >= 11 is 0. The molecule has 0 aromatic heterocycles. The van der Waals surface area contributed by atoms with E-state index in [1.807, 2.05) is 51.1 Å². The van der Waals surface area contributed by atoms with E-state index < -0.39 is 35.1 Å². The molecule has 8 atom stereocenters. The van der Waals surface area contributed by atoms with Crippen molar-refractivity contribution < 1.29 is 24.5 Å². The van der Waals surface area contributed by atoms with Crippen molar-refractivity contribution in [2.75, 3.05) is 0 Å². The first-order valence-corrected chi connectivity index (χ1v) is 12.5. The second-order valence-corrected chi connectivity index (χ2v) is 12.0. The van der Waals surface area contributed by atoms with Gasteiger partial charge in [-0.1, -0.05) is 58.0 Å². The summed E-state index contributed by atoms with van der Waals surface area (Å²) in [5, 5.41) is 22.4. The number of hydrogen-bond donors (Lipinski definition) is 2. The van der Waals surface area contributed by atoms with E-state index in [4.69, 9.17) is 4.74 Å². The number of ketones is 1. The van der Waals surface area contributed by atoms with Gasteiger partial charge in [-0.2, -0.15) is 0 Å². The van der Waals surface area contributed by atoms with Crippen molar-refractivity contribution in [1.29, 1.82) is 0 Å². The van der Waals surface area contributed by atoms with Crippen molar-refractivity contribution in [1.82, 2.24) is 0 Å². The van der Waals surface area contributed by atoms with Crippen LogP contribution in [0.3, 0.4) is 0 Å². The quantitative estimate of drug-likeness (QED) is 0.514. The standard InChI is InChI=1S/C29H36O5/c1-16-15-18-21(23(16)31)25(33)28(4)14-13-19-22(27(19,2)3)26(29(28,5)24(18)32)34-20(30)12-11-17-9-7-6-8-10-17/h6-12,16,19,22-23,25-26,31,33H,13-15H2,1-5H3/t16-,19-,22-,23+,25+,26+,28-,29-/m1/s1. The van der Waals surface area contributed by atoms with Crippen molar-refractivity contribution in [2.45, 2.75) is 72.2 Å². The van der Waals surface area contributed by atoms with Crippen molar-refractivity contribution in [2.24, 2.45) is 34.0 Å². The molecule has 4 aliphatic rings. The predicted molar refractivity (Wildman–Crippen MR) is 129 cm³/mol. The topological polar surface area (TPSA) is 83.8 Å². The zero-order valence-electron chi connectivity index (χ0n) is 20.7. The van der Waals surface area contributed by atoms with Gasteiger partial charge in [-0.25, -0.2) is 4.79 Å². The third kappa shape index (κ3) is 3.06. The number of carbonyl (C=O) groups is 2. The Bertz CT molecular complexity index is 1080. The Morgan fingerprint density at radius 1 is 1.12 bits per heavy atom. The van der Waals surface area contributed by atoms with Gasteiger partial charge in [-0.15, -0.1) is 0 Å². The molecule has 0 aliphatic heterocycles. The fourth-order valence-electron chi connectivity index (χ4n) is 7.48. The van der Waals surface area contributed by atoms with Crippen molar-refractivity contribution in [3.8, 4) is 0 Å². The van der Waals surface area contributed by atoms with Gasteiger partial charge in [-0.05, 0) is 60.6 Å². The summed E-state index contributed by atoms with van der Waals surface area (Å²) in [7, 11) is 0. The van der Waals surface area contributed by atoms with Crippen molar-refractivity contribution >= 4 is 17.8 Å². The van der Waals surface area contributed by atoms with Crippen LogP contribution in [-0.2, 0) is 14.3 Å². The maximum Gasteiger partial charge on any atom is 0.331 e. The van der Waals surface area contributed by atoms with Gasteiger partial charge in [0.05, 0.1) is 17.6 Å². The average Bonchev–Trinajstić information content (AvgIpc) is 3.25. The minimum atomic E-state index is -1.07. The van der Waals surface area contributed by atoms with Crippen LogP contribution < -0.4 is 0 Å². The Morgan fingerprint density at radius 3 is 2.47 bits per heavy atom. The largest absolute Gasteiger partial charge is 0.458 e. The lowest BCUT2D eigenvalue weighted by Gasteiger charge is -2.54. The number of aliphatic hydroxyl groups excluding tert-OH is 2. The average molecular weight is 465 g/mol. The van der Waals surface area contributed by atoms with Crippen LogP contribution in [0.5, 0.6) is 0 Å². The maximum absolute atomic E-state index is 14.2. The summed E-state index contributed by atoms with van der Waals surface area (Å²) in [6, 6.07) is 9.56. The number of benzene rings is 1. The molecule has 1 aromatic rings. The lowest BCUT2D eigenvalue weighted by Crippen LogP contribution is -2.62. The summed E-state index contributed by atoms with van der Waals surface area (Å²) < 4.78 is 6.20. The first-order valence-electron chi connectivity index (χ1n) is 12.5. The molecule has 5 heteroatoms. The molecule has 34 heavy (non-hydrogen) atoms. The molecule has 1 aromatic carbocycles. The summed E-state index contributed by atoms with van der Waals surface area (Å²) in [4.78, 5) is 27.3. The van der Waals surface area contributed by atoms with Gasteiger partial charge >= 0.3 is 5.97 Å². The second-order valence-electron chi connectivity index (χ2n) is 12.0. The number of Topliss-reactive ketones (excluding diaryl/α,β-unsaturated/α-hetero) is 1. The number of hydrogen-bond acceptors (Lipinski definition) is 5. The van der Waals surface area contributed by atoms with E-state index in [1.54, 1.807) is 6.08 Å². The van der Waals surface area contributed by atoms with Gasteiger partial charge in [0.25, 0.3) is 0 Å². The number of carbonyl (C=O) groups excluding carboxylic acids is 2. The minimum absolute atomic E-state index is 0.0409. The maximum atomic E-state index is 14.2. The molecule has 0 bridgehead atoms. The number of rotatable bonds is 3. The van der Waals surface area contributed by atoms with E-state index >= 15 is 0 Å². The number of ether oxygens (including phenoxy) is 1. The Morgan fingerprint density at radius 2 is 1.79 bits per heavy atom. The zero-order chi connectivity index (χ0) is 24.6. The molecule has 5 rings (SSSR count). The van der Waals surface area contributed by atoms with Gasteiger partial charge in [0.2, 0.25) is 0 Å². The third-order valence-electron chi connectivity index (χ3n) is 10.0. The number of fused-ring (bicyclic) bond motifs is 2. The Hall–Kier alpha value is -2.24. The smallest absolute Gasteiger partial charge is 0.331 e. The molecule has 2 fully saturated rings. The summed E-state index contributed by atoms with van der Waals surface area (Å²) in [6.07, 6.45) is 2.72. The monoisotopic (exact) mass is 464 g/mol. The fourth-order valence-corrected chi connectivity index (χ4v) is 7.48. The molecule has 0 unspecified atom stereocenters. The van der Waals surface area contributed by atoms with E-state index in [-0.39, 0.29) is 23.0 Å². The van der Waals surface area contributed by atoms with Crippen LogP contribution in [0, 0.1) is 34.0 Å². The summed E-state index contributed by atoms with van der Waals surface area (Å²) in [6.45, 7) is 10.1. The van der Waals surface area contributed by atoms with Crippen LogP contribution in [0.2, 0.25) is 0 Å². The normalized spacial score (nSPS) is 42.6. The van der Waals surface area contributed by atoms with Crippen LogP contribution in [-0.4, -0.2) is 40.3 Å². The van der Waals surface area contributed by atoms with Gasteiger partial charge in [-0.3, -0.25) is 4.79 Å². The van der Waals surface area contributed by atoms with Crippen molar-refractivity contribution in [3.63, 3.8) is 0 Å². The van der Waals surface area contributed by atoms with Crippen LogP contribution in [0.4, 0.5) is 0 Å². The van der Waals surface area contributed by atoms with Gasteiger partial charge < -0.3 is 14.9 Å². The number of allylic oxidation sites excluding steroid dienone is 1. The summed E-state index contributed by atoms with van der Waals surface area (Å²) in [5.41, 5.74) is 0.00524. The number of aliphatic hydroxyl groups is 2.